The SMILES string of the molecule is CN(Cc1ccccc1Br)S(=O)(=O)CCS(C)(=O)=O. The van der Waals surface area contributed by atoms with Crippen molar-refractivity contribution in [3.8, 4) is 0 Å². The van der Waals surface area contributed by atoms with Crippen molar-refractivity contribution in [3.63, 3.8) is 0 Å². The monoisotopic (exact) mass is 369 g/mol. The molecule has 1 rings (SSSR count). The molecule has 0 N–H and O–H groups in total. The first-order valence-electron chi connectivity index (χ1n) is 5.47. The Morgan fingerprint density at radius 2 is 1.68 bits per heavy atom. The molecular formula is C11H16BrNO4S2. The van der Waals surface area contributed by atoms with Gasteiger partial charge in [0.05, 0.1) is 11.5 Å². The normalized spacial score (nSPS) is 12.8. The van der Waals surface area contributed by atoms with Gasteiger partial charge in [-0.15, -0.1) is 0 Å². The standard InChI is InChI=1S/C11H16BrNO4S2/c1-13(9-10-5-3-4-6-11(10)12)19(16,17)8-7-18(2,14)15/h3-6H,7-9H2,1-2H3. The van der Waals surface area contributed by atoms with Crippen molar-refractivity contribution in [3.05, 3.63) is 34.3 Å². The molecule has 0 radical (unpaired) electrons. The van der Waals surface area contributed by atoms with Crippen LogP contribution < -0.4 is 0 Å². The quantitative estimate of drug-likeness (QED) is 0.756. The van der Waals surface area contributed by atoms with Gasteiger partial charge in [-0.1, -0.05) is 34.1 Å². The Kier molecular flexibility index (Phi) is 5.54. The minimum absolute atomic E-state index is 0.202. The van der Waals surface area contributed by atoms with Gasteiger partial charge in [-0.25, -0.2) is 21.1 Å². The van der Waals surface area contributed by atoms with E-state index in [1.807, 2.05) is 24.3 Å². The fourth-order valence-electron chi connectivity index (χ4n) is 1.38. The van der Waals surface area contributed by atoms with Crippen molar-refractivity contribution in [2.45, 2.75) is 6.54 Å². The van der Waals surface area contributed by atoms with Gasteiger partial charge in [0.15, 0.2) is 0 Å². The molecule has 1 aromatic rings. The molecule has 108 valence electrons. The molecule has 5 nitrogen and oxygen atoms in total. The maximum Gasteiger partial charge on any atom is 0.215 e. The molecule has 0 aliphatic heterocycles. The number of hydrogen-bond donors (Lipinski definition) is 0. The molecule has 0 unspecified atom stereocenters. The van der Waals surface area contributed by atoms with Crippen LogP contribution in [0.25, 0.3) is 0 Å². The van der Waals surface area contributed by atoms with Crippen LogP contribution in [0.1, 0.15) is 5.56 Å². The molecular weight excluding hydrogens is 354 g/mol. The Morgan fingerprint density at radius 1 is 1.11 bits per heavy atom. The molecule has 0 saturated heterocycles. The summed E-state index contributed by atoms with van der Waals surface area (Å²) in [7, 11) is -5.42. The van der Waals surface area contributed by atoms with E-state index in [0.29, 0.717) is 0 Å². The van der Waals surface area contributed by atoms with Crippen LogP contribution in [-0.4, -0.2) is 45.9 Å². The summed E-state index contributed by atoms with van der Waals surface area (Å²) < 4.78 is 47.9. The number of sulfone groups is 1. The summed E-state index contributed by atoms with van der Waals surface area (Å²) in [6.45, 7) is 0.202. The maximum absolute atomic E-state index is 11.9. The maximum atomic E-state index is 11.9. The molecule has 0 aliphatic carbocycles. The molecule has 1 aromatic carbocycles. The highest BCUT2D eigenvalue weighted by atomic mass is 79.9. The lowest BCUT2D eigenvalue weighted by atomic mass is 10.2. The summed E-state index contributed by atoms with van der Waals surface area (Å²) >= 11 is 3.34. The van der Waals surface area contributed by atoms with Crippen LogP contribution >= 0.6 is 15.9 Å². The third-order valence-corrected chi connectivity index (χ3v) is 6.31. The lowest BCUT2D eigenvalue weighted by Crippen LogP contribution is -2.31. The van der Waals surface area contributed by atoms with E-state index in [1.54, 1.807) is 0 Å². The minimum Gasteiger partial charge on any atom is -0.229 e. The van der Waals surface area contributed by atoms with Crippen LogP contribution in [0, 0.1) is 0 Å². The Morgan fingerprint density at radius 3 is 2.21 bits per heavy atom. The first-order chi connectivity index (χ1) is 8.62. The molecule has 8 heteroatoms. The van der Waals surface area contributed by atoms with Crippen molar-refractivity contribution in [1.82, 2.24) is 4.31 Å². The van der Waals surface area contributed by atoms with Gasteiger partial charge in [0.1, 0.15) is 9.84 Å². The number of sulfonamides is 1. The van der Waals surface area contributed by atoms with Crippen LogP contribution in [0.5, 0.6) is 0 Å². The van der Waals surface area contributed by atoms with Gasteiger partial charge in [0.2, 0.25) is 10.0 Å². The van der Waals surface area contributed by atoms with Gasteiger partial charge in [-0.2, -0.15) is 0 Å². The summed E-state index contributed by atoms with van der Waals surface area (Å²) in [6, 6.07) is 7.29. The third kappa shape index (κ3) is 5.60. The average Bonchev–Trinajstić information content (AvgIpc) is 2.29. The number of hydrogen-bond acceptors (Lipinski definition) is 4. The van der Waals surface area contributed by atoms with Gasteiger partial charge in [-0.05, 0) is 11.6 Å². The smallest absolute Gasteiger partial charge is 0.215 e. The lowest BCUT2D eigenvalue weighted by Gasteiger charge is -2.17. The number of halogens is 1. The van der Waals surface area contributed by atoms with E-state index in [2.05, 4.69) is 15.9 Å². The summed E-state index contributed by atoms with van der Waals surface area (Å²) in [5.74, 6) is -0.761. The largest absolute Gasteiger partial charge is 0.229 e. The summed E-state index contributed by atoms with van der Waals surface area (Å²) in [5, 5.41) is 0. The number of benzene rings is 1. The predicted octanol–water partition coefficient (Wildman–Crippen LogP) is 1.26. The van der Waals surface area contributed by atoms with E-state index in [4.69, 9.17) is 0 Å². The van der Waals surface area contributed by atoms with E-state index < -0.39 is 25.6 Å². The molecule has 0 spiro atoms. The van der Waals surface area contributed by atoms with Crippen LogP contribution in [0.3, 0.4) is 0 Å². The summed E-state index contributed by atoms with van der Waals surface area (Å²) in [5.41, 5.74) is 0.827. The Hall–Kier alpha value is -0.440. The molecule has 0 fully saturated rings. The Balaban J connectivity index is 2.77. The molecule has 19 heavy (non-hydrogen) atoms. The molecule has 0 aromatic heterocycles. The van der Waals surface area contributed by atoms with Crippen LogP contribution in [-0.2, 0) is 26.4 Å². The zero-order valence-electron chi connectivity index (χ0n) is 10.7. The zero-order chi connectivity index (χ0) is 14.7. The summed E-state index contributed by atoms with van der Waals surface area (Å²) in [6.07, 6.45) is 1.02. The van der Waals surface area contributed by atoms with Gasteiger partial charge >= 0.3 is 0 Å². The summed E-state index contributed by atoms with van der Waals surface area (Å²) in [4.78, 5) is 0. The van der Waals surface area contributed by atoms with Gasteiger partial charge in [0, 0.05) is 24.3 Å². The van der Waals surface area contributed by atoms with E-state index >= 15 is 0 Å². The predicted molar refractivity (Wildman–Crippen MR) is 79.1 cm³/mol. The molecule has 0 atom stereocenters. The van der Waals surface area contributed by atoms with Crippen LogP contribution in [0.2, 0.25) is 0 Å². The van der Waals surface area contributed by atoms with Gasteiger partial charge in [-0.3, -0.25) is 0 Å². The number of nitrogens with zero attached hydrogens (tertiary/aromatic N) is 1. The minimum atomic E-state index is -3.58. The van der Waals surface area contributed by atoms with Crippen molar-refractivity contribution in [2.24, 2.45) is 0 Å². The van der Waals surface area contributed by atoms with Gasteiger partial charge in [0.25, 0.3) is 0 Å². The van der Waals surface area contributed by atoms with Crippen molar-refractivity contribution >= 4 is 35.8 Å². The Bertz CT molecular complexity index is 640. The van der Waals surface area contributed by atoms with Crippen LogP contribution in [0.15, 0.2) is 28.7 Å². The lowest BCUT2D eigenvalue weighted by molar-refractivity contribution is 0.467. The van der Waals surface area contributed by atoms with E-state index in [9.17, 15) is 16.8 Å². The first-order valence-corrected chi connectivity index (χ1v) is 9.93. The topological polar surface area (TPSA) is 71.5 Å². The molecule has 0 bridgehead atoms. The van der Waals surface area contributed by atoms with Crippen molar-refractivity contribution in [1.29, 1.82) is 0 Å². The highest BCUT2D eigenvalue weighted by Gasteiger charge is 2.20. The second-order valence-corrected chi connectivity index (χ2v) is 9.60. The van der Waals surface area contributed by atoms with Crippen molar-refractivity contribution in [2.75, 3.05) is 24.8 Å². The molecule has 0 amide bonds. The van der Waals surface area contributed by atoms with E-state index in [1.165, 1.54) is 7.05 Å². The van der Waals surface area contributed by atoms with E-state index in [0.717, 1.165) is 20.6 Å². The highest BCUT2D eigenvalue weighted by Crippen LogP contribution is 2.18. The second-order valence-electron chi connectivity index (χ2n) is 4.29. The fourth-order valence-corrected chi connectivity index (χ4v) is 4.49. The third-order valence-electron chi connectivity index (χ3n) is 2.54. The molecule has 0 saturated carbocycles. The molecule has 0 aliphatic rings. The van der Waals surface area contributed by atoms with Crippen molar-refractivity contribution < 1.29 is 16.8 Å². The van der Waals surface area contributed by atoms with E-state index in [-0.39, 0.29) is 12.3 Å². The Labute approximate surface area is 122 Å². The average molecular weight is 370 g/mol. The number of rotatable bonds is 6. The van der Waals surface area contributed by atoms with Gasteiger partial charge < -0.3 is 0 Å². The zero-order valence-corrected chi connectivity index (χ0v) is 13.9. The molecule has 0 heterocycles. The fraction of sp³-hybridized carbons (Fsp3) is 0.455. The van der Waals surface area contributed by atoms with Crippen LogP contribution in [0.4, 0.5) is 0 Å². The second kappa shape index (κ2) is 6.34. The first kappa shape index (κ1) is 16.6. The highest BCUT2D eigenvalue weighted by molar-refractivity contribution is 9.10.